The summed E-state index contributed by atoms with van der Waals surface area (Å²) < 4.78 is 0. The molecule has 3 rings (SSSR count). The summed E-state index contributed by atoms with van der Waals surface area (Å²) in [5, 5.41) is 3.15. The lowest BCUT2D eigenvalue weighted by atomic mass is 9.96. The Morgan fingerprint density at radius 3 is 2.64 bits per heavy atom. The molecular formula is C16H21N3O2S. The summed E-state index contributed by atoms with van der Waals surface area (Å²) in [6.07, 6.45) is 2.28. The number of hydrogen-bond acceptors (Lipinski definition) is 3. The molecule has 1 atom stereocenters. The number of carbonyl (C=O) groups excluding carboxylic acids is 2. The molecular weight excluding hydrogens is 298 g/mol. The maximum atomic E-state index is 12.4. The average molecular weight is 319 g/mol. The summed E-state index contributed by atoms with van der Waals surface area (Å²) >= 11 is 1.84. The molecule has 3 N–H and O–H groups in total. The fourth-order valence-corrected chi connectivity index (χ4v) is 4.22. The predicted molar refractivity (Wildman–Crippen MR) is 86.5 cm³/mol. The van der Waals surface area contributed by atoms with E-state index in [1.165, 1.54) is 10.5 Å². The number of likely N-dealkylation sites (tertiary alicyclic amines) is 1. The van der Waals surface area contributed by atoms with Crippen LogP contribution in [0.25, 0.3) is 0 Å². The van der Waals surface area contributed by atoms with Crippen molar-refractivity contribution < 1.29 is 9.59 Å². The fraction of sp³-hybridized carbons (Fsp3) is 0.500. The number of urea groups is 1. The van der Waals surface area contributed by atoms with Crippen molar-refractivity contribution in [3.05, 3.63) is 29.8 Å². The van der Waals surface area contributed by atoms with E-state index in [-0.39, 0.29) is 23.9 Å². The van der Waals surface area contributed by atoms with Gasteiger partial charge in [-0.3, -0.25) is 4.79 Å². The second-order valence-corrected chi connectivity index (χ2v) is 6.98. The third-order valence-electron chi connectivity index (χ3n) is 4.44. The third-order valence-corrected chi connectivity index (χ3v) is 5.56. The first-order valence-corrected chi connectivity index (χ1v) is 8.70. The second-order valence-electron chi connectivity index (χ2n) is 5.84. The van der Waals surface area contributed by atoms with E-state index in [1.54, 1.807) is 4.90 Å². The Hall–Kier alpha value is -1.69. The molecule has 22 heavy (non-hydrogen) atoms. The van der Waals surface area contributed by atoms with Crippen LogP contribution in [0.4, 0.5) is 4.79 Å². The summed E-state index contributed by atoms with van der Waals surface area (Å²) in [6.45, 7) is 1.20. The van der Waals surface area contributed by atoms with Gasteiger partial charge in [-0.05, 0) is 30.9 Å². The SMILES string of the molecule is NC(=O)C1CCN(C(=O)NC2CCSc3ccccc32)CC1. The third kappa shape index (κ3) is 3.21. The second kappa shape index (κ2) is 6.60. The number of nitrogens with one attached hydrogen (secondary N) is 1. The highest BCUT2D eigenvalue weighted by Crippen LogP contribution is 2.35. The lowest BCUT2D eigenvalue weighted by molar-refractivity contribution is -0.123. The highest BCUT2D eigenvalue weighted by Gasteiger charge is 2.28. The van der Waals surface area contributed by atoms with Crippen molar-refractivity contribution in [1.82, 2.24) is 10.2 Å². The Morgan fingerprint density at radius 1 is 1.18 bits per heavy atom. The molecule has 0 aromatic heterocycles. The van der Waals surface area contributed by atoms with Gasteiger partial charge in [0.15, 0.2) is 0 Å². The van der Waals surface area contributed by atoms with Crippen molar-refractivity contribution in [2.75, 3.05) is 18.8 Å². The number of amides is 3. The van der Waals surface area contributed by atoms with Crippen LogP contribution in [0.2, 0.25) is 0 Å². The van der Waals surface area contributed by atoms with Crippen molar-refractivity contribution in [2.45, 2.75) is 30.2 Å². The quantitative estimate of drug-likeness (QED) is 0.877. The number of nitrogens with zero attached hydrogens (tertiary/aromatic N) is 1. The van der Waals surface area contributed by atoms with Gasteiger partial charge >= 0.3 is 6.03 Å². The largest absolute Gasteiger partial charge is 0.369 e. The van der Waals surface area contributed by atoms with Gasteiger partial charge in [0.2, 0.25) is 5.91 Å². The molecule has 0 spiro atoms. The molecule has 0 saturated carbocycles. The molecule has 0 aliphatic carbocycles. The standard InChI is InChI=1S/C16H21N3O2S/c17-15(20)11-5-8-19(9-6-11)16(21)18-13-7-10-22-14-4-2-1-3-12(13)14/h1-4,11,13H,5-10H2,(H2,17,20)(H,18,21). The topological polar surface area (TPSA) is 75.4 Å². The van der Waals surface area contributed by atoms with E-state index >= 15 is 0 Å². The molecule has 1 fully saturated rings. The Balaban J connectivity index is 1.60. The molecule has 2 aliphatic heterocycles. The lowest BCUT2D eigenvalue weighted by Gasteiger charge is -2.33. The van der Waals surface area contributed by atoms with Crippen LogP contribution < -0.4 is 11.1 Å². The highest BCUT2D eigenvalue weighted by atomic mass is 32.2. The lowest BCUT2D eigenvalue weighted by Crippen LogP contribution is -2.47. The number of rotatable bonds is 2. The van der Waals surface area contributed by atoms with Crippen LogP contribution in [0.5, 0.6) is 0 Å². The number of fused-ring (bicyclic) bond motifs is 1. The van der Waals surface area contributed by atoms with Crippen LogP contribution >= 0.6 is 11.8 Å². The van der Waals surface area contributed by atoms with Gasteiger partial charge in [-0.2, -0.15) is 0 Å². The average Bonchev–Trinajstić information content (AvgIpc) is 2.55. The van der Waals surface area contributed by atoms with Crippen molar-refractivity contribution in [3.8, 4) is 0 Å². The molecule has 1 saturated heterocycles. The maximum absolute atomic E-state index is 12.4. The van der Waals surface area contributed by atoms with Crippen molar-refractivity contribution in [2.24, 2.45) is 11.7 Å². The number of hydrogen-bond donors (Lipinski definition) is 2. The Labute approximate surface area is 134 Å². The smallest absolute Gasteiger partial charge is 0.317 e. The van der Waals surface area contributed by atoms with E-state index in [1.807, 2.05) is 23.9 Å². The van der Waals surface area contributed by atoms with Crippen molar-refractivity contribution >= 4 is 23.7 Å². The summed E-state index contributed by atoms with van der Waals surface area (Å²) in [6, 6.07) is 8.29. The number of piperidine rings is 1. The van der Waals surface area contributed by atoms with Gasteiger partial charge in [0.25, 0.3) is 0 Å². The minimum absolute atomic E-state index is 0.0328. The normalized spacial score (nSPS) is 22.0. The van der Waals surface area contributed by atoms with E-state index < -0.39 is 0 Å². The first kappa shape index (κ1) is 15.2. The molecule has 1 unspecified atom stereocenters. The first-order chi connectivity index (χ1) is 10.6. The van der Waals surface area contributed by atoms with Gasteiger partial charge in [0.05, 0.1) is 6.04 Å². The number of primary amides is 1. The summed E-state index contributed by atoms with van der Waals surface area (Å²) in [5.41, 5.74) is 6.54. The van der Waals surface area contributed by atoms with E-state index in [4.69, 9.17) is 5.73 Å². The van der Waals surface area contributed by atoms with Gasteiger partial charge in [0, 0.05) is 29.7 Å². The zero-order valence-corrected chi connectivity index (χ0v) is 13.3. The minimum Gasteiger partial charge on any atom is -0.369 e. The zero-order chi connectivity index (χ0) is 15.5. The summed E-state index contributed by atoms with van der Waals surface area (Å²) in [7, 11) is 0. The van der Waals surface area contributed by atoms with E-state index in [9.17, 15) is 9.59 Å². The van der Waals surface area contributed by atoms with Crippen LogP contribution in [0, 0.1) is 5.92 Å². The molecule has 0 bridgehead atoms. The Kier molecular flexibility index (Phi) is 4.57. The van der Waals surface area contributed by atoms with Gasteiger partial charge in [-0.25, -0.2) is 4.79 Å². The van der Waals surface area contributed by atoms with Gasteiger partial charge < -0.3 is 16.0 Å². The van der Waals surface area contributed by atoms with Crippen LogP contribution in [-0.4, -0.2) is 35.7 Å². The van der Waals surface area contributed by atoms with Crippen LogP contribution in [-0.2, 0) is 4.79 Å². The summed E-state index contributed by atoms with van der Waals surface area (Å²) in [4.78, 5) is 26.7. The van der Waals surface area contributed by atoms with Crippen molar-refractivity contribution in [3.63, 3.8) is 0 Å². The number of thioether (sulfide) groups is 1. The van der Waals surface area contributed by atoms with E-state index in [0.29, 0.717) is 25.9 Å². The molecule has 1 aromatic rings. The molecule has 2 aliphatic rings. The van der Waals surface area contributed by atoms with E-state index in [0.717, 1.165) is 12.2 Å². The Morgan fingerprint density at radius 2 is 1.91 bits per heavy atom. The molecule has 5 nitrogen and oxygen atoms in total. The minimum atomic E-state index is -0.252. The van der Waals surface area contributed by atoms with Gasteiger partial charge in [-0.1, -0.05) is 18.2 Å². The van der Waals surface area contributed by atoms with E-state index in [2.05, 4.69) is 17.4 Å². The maximum Gasteiger partial charge on any atom is 0.317 e. The first-order valence-electron chi connectivity index (χ1n) is 7.71. The van der Waals surface area contributed by atoms with Gasteiger partial charge in [-0.15, -0.1) is 11.8 Å². The molecule has 0 radical (unpaired) electrons. The van der Waals surface area contributed by atoms with Crippen molar-refractivity contribution in [1.29, 1.82) is 0 Å². The number of nitrogens with two attached hydrogens (primary N) is 1. The fourth-order valence-electron chi connectivity index (χ4n) is 3.10. The molecule has 3 amide bonds. The molecule has 118 valence electrons. The number of benzene rings is 1. The Bertz CT molecular complexity index is 570. The highest BCUT2D eigenvalue weighted by molar-refractivity contribution is 7.99. The molecule has 2 heterocycles. The monoisotopic (exact) mass is 319 g/mol. The zero-order valence-electron chi connectivity index (χ0n) is 12.5. The van der Waals surface area contributed by atoms with Crippen LogP contribution in [0.3, 0.4) is 0 Å². The number of carbonyl (C=O) groups is 2. The van der Waals surface area contributed by atoms with Gasteiger partial charge in [0.1, 0.15) is 0 Å². The van der Waals surface area contributed by atoms with Crippen LogP contribution in [0.1, 0.15) is 30.9 Å². The van der Waals surface area contributed by atoms with Crippen LogP contribution in [0.15, 0.2) is 29.2 Å². The summed E-state index contributed by atoms with van der Waals surface area (Å²) in [5.74, 6) is 0.681. The molecule has 6 heteroatoms. The predicted octanol–water partition coefficient (Wildman–Crippen LogP) is 2.13. The molecule has 1 aromatic carbocycles.